The molecule has 0 radical (unpaired) electrons. The number of nitrogens with one attached hydrogen (secondary N) is 1. The van der Waals surface area contributed by atoms with E-state index in [1.807, 2.05) is 0 Å². The highest BCUT2D eigenvalue weighted by Crippen LogP contribution is 2.20. The highest BCUT2D eigenvalue weighted by atomic mass is 16.4. The van der Waals surface area contributed by atoms with Crippen molar-refractivity contribution in [3.8, 4) is 0 Å². The van der Waals surface area contributed by atoms with Crippen LogP contribution in [0.1, 0.15) is 32.2 Å². The van der Waals surface area contributed by atoms with Crippen LogP contribution >= 0.6 is 0 Å². The summed E-state index contributed by atoms with van der Waals surface area (Å²) in [4.78, 5) is 21.7. The minimum absolute atomic E-state index is 0.127. The lowest BCUT2D eigenvalue weighted by Crippen LogP contribution is -2.05. The van der Waals surface area contributed by atoms with Crippen molar-refractivity contribution in [3.05, 3.63) is 53.0 Å². The fraction of sp³-hybridized carbons (Fsp3) is 0.143. The largest absolute Gasteiger partial charge is 0.478 e. The lowest BCUT2D eigenvalue weighted by molar-refractivity contribution is 0.0657. The third kappa shape index (κ3) is 2.80. The summed E-state index contributed by atoms with van der Waals surface area (Å²) in [5.74, 6) is -1.78. The van der Waals surface area contributed by atoms with E-state index in [0.717, 1.165) is 0 Å². The molecule has 0 unspecified atom stereocenters. The Morgan fingerprint density at radius 2 is 1.90 bits per heavy atom. The number of carbonyl (C=O) groups is 2. The Labute approximate surface area is 114 Å². The van der Waals surface area contributed by atoms with Crippen LogP contribution in [0.3, 0.4) is 0 Å². The molecule has 6 nitrogen and oxygen atoms in total. The Morgan fingerprint density at radius 3 is 2.50 bits per heavy atom. The summed E-state index contributed by atoms with van der Waals surface area (Å²) >= 11 is 0. The maximum atomic E-state index is 11.0. The van der Waals surface area contributed by atoms with Gasteiger partial charge in [-0.3, -0.25) is 0 Å². The monoisotopic (exact) mass is 275 g/mol. The van der Waals surface area contributed by atoms with Gasteiger partial charge in [-0.05, 0) is 36.8 Å². The first-order valence-corrected chi connectivity index (χ1v) is 5.88. The van der Waals surface area contributed by atoms with Gasteiger partial charge in [0.25, 0.3) is 0 Å². The molecule has 0 aliphatic rings. The van der Waals surface area contributed by atoms with Crippen molar-refractivity contribution in [1.29, 1.82) is 0 Å². The third-order valence-electron chi connectivity index (χ3n) is 2.89. The molecule has 0 bridgehead atoms. The zero-order valence-corrected chi connectivity index (χ0v) is 10.7. The number of hydrogen-bond donors (Lipinski definition) is 3. The molecule has 20 heavy (non-hydrogen) atoms. The van der Waals surface area contributed by atoms with E-state index in [-0.39, 0.29) is 17.9 Å². The summed E-state index contributed by atoms with van der Waals surface area (Å²) in [7, 11) is 0. The molecule has 104 valence electrons. The molecule has 2 aromatic rings. The Morgan fingerprint density at radius 1 is 1.15 bits per heavy atom. The predicted octanol–water partition coefficient (Wildman–Crippen LogP) is 2.60. The number of benzene rings is 1. The summed E-state index contributed by atoms with van der Waals surface area (Å²) in [5.41, 5.74) is 1.50. The number of rotatable bonds is 5. The van der Waals surface area contributed by atoms with Gasteiger partial charge >= 0.3 is 11.9 Å². The van der Waals surface area contributed by atoms with Crippen molar-refractivity contribution in [2.24, 2.45) is 0 Å². The average molecular weight is 275 g/mol. The maximum absolute atomic E-state index is 11.0. The molecule has 0 spiro atoms. The van der Waals surface area contributed by atoms with E-state index in [4.69, 9.17) is 14.6 Å². The molecule has 3 N–H and O–H groups in total. The zero-order chi connectivity index (χ0) is 14.7. The van der Waals surface area contributed by atoms with E-state index in [2.05, 4.69) is 5.32 Å². The van der Waals surface area contributed by atoms with Crippen LogP contribution in [-0.2, 0) is 6.54 Å². The second-order valence-electron chi connectivity index (χ2n) is 4.21. The highest BCUT2D eigenvalue weighted by Gasteiger charge is 2.11. The molecule has 2 rings (SSSR count). The van der Waals surface area contributed by atoms with E-state index >= 15 is 0 Å². The minimum Gasteiger partial charge on any atom is -0.478 e. The second kappa shape index (κ2) is 5.48. The molecular weight excluding hydrogens is 262 g/mol. The Hall–Kier alpha value is -2.76. The van der Waals surface area contributed by atoms with Crippen molar-refractivity contribution in [2.75, 3.05) is 5.32 Å². The topological polar surface area (TPSA) is 99.8 Å². The quantitative estimate of drug-likeness (QED) is 0.775. The summed E-state index contributed by atoms with van der Waals surface area (Å²) < 4.78 is 5.11. The number of carboxylic acids is 2. The van der Waals surface area contributed by atoms with Crippen LogP contribution in [0.2, 0.25) is 0 Å². The molecule has 0 fully saturated rings. The molecule has 6 heteroatoms. The lowest BCUT2D eigenvalue weighted by Gasteiger charge is -2.10. The number of furan rings is 1. The van der Waals surface area contributed by atoms with Gasteiger partial charge in [-0.1, -0.05) is 6.07 Å². The van der Waals surface area contributed by atoms with Crippen molar-refractivity contribution >= 4 is 17.6 Å². The molecule has 0 aliphatic heterocycles. The van der Waals surface area contributed by atoms with Crippen LogP contribution in [0.5, 0.6) is 0 Å². The van der Waals surface area contributed by atoms with Gasteiger partial charge in [-0.2, -0.15) is 0 Å². The fourth-order valence-electron chi connectivity index (χ4n) is 1.83. The number of anilines is 1. The Kier molecular flexibility index (Phi) is 3.74. The lowest BCUT2D eigenvalue weighted by atomic mass is 10.1. The van der Waals surface area contributed by atoms with Crippen LogP contribution in [0, 0.1) is 6.92 Å². The van der Waals surface area contributed by atoms with Crippen molar-refractivity contribution in [1.82, 2.24) is 0 Å². The smallest absolute Gasteiger partial charge is 0.371 e. The number of hydrogen-bond acceptors (Lipinski definition) is 4. The SMILES string of the molecule is Cc1c(NCc2ccc(C(=O)O)o2)cccc1C(=O)O. The van der Waals surface area contributed by atoms with Gasteiger partial charge in [0.1, 0.15) is 5.76 Å². The molecule has 1 heterocycles. The van der Waals surface area contributed by atoms with Gasteiger partial charge in [0.2, 0.25) is 5.76 Å². The first-order chi connectivity index (χ1) is 9.49. The van der Waals surface area contributed by atoms with Gasteiger partial charge < -0.3 is 19.9 Å². The van der Waals surface area contributed by atoms with E-state index in [1.165, 1.54) is 12.1 Å². The van der Waals surface area contributed by atoms with E-state index in [0.29, 0.717) is 17.0 Å². The van der Waals surface area contributed by atoms with Gasteiger partial charge in [0, 0.05) is 5.69 Å². The van der Waals surface area contributed by atoms with Crippen LogP contribution in [0.15, 0.2) is 34.7 Å². The van der Waals surface area contributed by atoms with Gasteiger partial charge in [0.15, 0.2) is 0 Å². The van der Waals surface area contributed by atoms with Crippen molar-refractivity contribution in [2.45, 2.75) is 13.5 Å². The van der Waals surface area contributed by atoms with E-state index < -0.39 is 11.9 Å². The summed E-state index contributed by atoms with van der Waals surface area (Å²) in [6.45, 7) is 1.98. The maximum Gasteiger partial charge on any atom is 0.371 e. The van der Waals surface area contributed by atoms with Gasteiger partial charge in [-0.25, -0.2) is 9.59 Å². The summed E-state index contributed by atoms with van der Waals surface area (Å²) in [6.07, 6.45) is 0. The molecular formula is C14H13NO5. The fourth-order valence-corrected chi connectivity index (χ4v) is 1.83. The Balaban J connectivity index is 2.12. The first-order valence-electron chi connectivity index (χ1n) is 5.88. The average Bonchev–Trinajstić information content (AvgIpc) is 2.86. The van der Waals surface area contributed by atoms with Crippen molar-refractivity contribution in [3.63, 3.8) is 0 Å². The molecule has 0 saturated carbocycles. The number of carboxylic acid groups (broad SMARTS) is 2. The van der Waals surface area contributed by atoms with Gasteiger partial charge in [0.05, 0.1) is 12.1 Å². The van der Waals surface area contributed by atoms with Crippen LogP contribution in [0.25, 0.3) is 0 Å². The summed E-state index contributed by atoms with van der Waals surface area (Å²) in [5, 5.41) is 20.8. The first kappa shape index (κ1) is 13.7. The van der Waals surface area contributed by atoms with E-state index in [9.17, 15) is 9.59 Å². The number of aromatic carboxylic acids is 2. The molecule has 0 atom stereocenters. The second-order valence-corrected chi connectivity index (χ2v) is 4.21. The van der Waals surface area contributed by atoms with Gasteiger partial charge in [-0.15, -0.1) is 0 Å². The molecule has 1 aromatic carbocycles. The normalized spacial score (nSPS) is 10.2. The van der Waals surface area contributed by atoms with Crippen LogP contribution in [-0.4, -0.2) is 22.2 Å². The summed E-state index contributed by atoms with van der Waals surface area (Å²) in [6, 6.07) is 7.86. The standard InChI is InChI=1S/C14H13NO5/c1-8-10(13(16)17)3-2-4-11(8)15-7-9-5-6-12(20-9)14(18)19/h2-6,15H,7H2,1H3,(H,16,17)(H,18,19). The highest BCUT2D eigenvalue weighted by molar-refractivity contribution is 5.91. The van der Waals surface area contributed by atoms with E-state index in [1.54, 1.807) is 25.1 Å². The third-order valence-corrected chi connectivity index (χ3v) is 2.89. The Bertz CT molecular complexity index is 659. The molecule has 0 aliphatic carbocycles. The van der Waals surface area contributed by atoms with Crippen molar-refractivity contribution < 1.29 is 24.2 Å². The minimum atomic E-state index is -1.12. The van der Waals surface area contributed by atoms with Crippen LogP contribution in [0.4, 0.5) is 5.69 Å². The van der Waals surface area contributed by atoms with Crippen LogP contribution < -0.4 is 5.32 Å². The molecule has 0 amide bonds. The predicted molar refractivity (Wildman–Crippen MR) is 71.1 cm³/mol. The zero-order valence-electron chi connectivity index (χ0n) is 10.7. The molecule has 0 saturated heterocycles. The molecule has 1 aromatic heterocycles.